The van der Waals surface area contributed by atoms with Crippen molar-refractivity contribution in [2.45, 2.75) is 5.41 Å². The van der Waals surface area contributed by atoms with E-state index in [0.717, 1.165) is 39.2 Å². The molecule has 0 saturated heterocycles. The summed E-state index contributed by atoms with van der Waals surface area (Å²) in [6.07, 6.45) is 0. The average molecular weight is 834 g/mol. The first-order chi connectivity index (χ1) is 31.7. The summed E-state index contributed by atoms with van der Waals surface area (Å²) < 4.78 is 9.10. The number of furan rings is 1. The van der Waals surface area contributed by atoms with Gasteiger partial charge in [0.15, 0.2) is 0 Å². The van der Waals surface area contributed by atoms with Crippen LogP contribution >= 0.6 is 11.3 Å². The normalized spacial score (nSPS) is 12.8. The highest BCUT2D eigenvalue weighted by atomic mass is 32.1. The number of benzene rings is 10. The Morgan fingerprint density at radius 3 is 1.75 bits per heavy atom. The molecule has 0 atom stereocenters. The Hall–Kier alpha value is -7.98. The lowest BCUT2D eigenvalue weighted by atomic mass is 9.67. The fourth-order valence-electron chi connectivity index (χ4n) is 10.6. The van der Waals surface area contributed by atoms with Crippen molar-refractivity contribution in [2.24, 2.45) is 0 Å². The van der Waals surface area contributed by atoms with Gasteiger partial charge in [-0.1, -0.05) is 176 Å². The van der Waals surface area contributed by atoms with Crippen LogP contribution in [0.25, 0.3) is 75.5 Å². The lowest BCUT2D eigenvalue weighted by molar-refractivity contribution is 0.669. The number of rotatable bonds is 7. The van der Waals surface area contributed by atoms with E-state index in [1.54, 1.807) is 0 Å². The van der Waals surface area contributed by atoms with E-state index >= 15 is 0 Å². The monoisotopic (exact) mass is 833 g/mol. The lowest BCUT2D eigenvalue weighted by Gasteiger charge is -2.35. The van der Waals surface area contributed by atoms with Crippen LogP contribution in [0.15, 0.2) is 241 Å². The van der Waals surface area contributed by atoms with Crippen molar-refractivity contribution in [3.63, 3.8) is 0 Å². The predicted octanol–water partition coefficient (Wildman–Crippen LogP) is 17.1. The third kappa shape index (κ3) is 5.51. The molecule has 13 rings (SSSR count). The van der Waals surface area contributed by atoms with Crippen LogP contribution in [0.2, 0.25) is 0 Å². The van der Waals surface area contributed by atoms with Gasteiger partial charge >= 0.3 is 0 Å². The van der Waals surface area contributed by atoms with Crippen molar-refractivity contribution < 1.29 is 4.42 Å². The largest absolute Gasteiger partial charge is 0.456 e. The van der Waals surface area contributed by atoms with Crippen molar-refractivity contribution in [3.8, 4) is 33.4 Å². The van der Waals surface area contributed by atoms with Crippen LogP contribution in [-0.2, 0) is 5.41 Å². The quantitative estimate of drug-likeness (QED) is 0.159. The maximum absolute atomic E-state index is 6.54. The lowest BCUT2D eigenvalue weighted by Crippen LogP contribution is -2.28. The average Bonchev–Trinajstić information content (AvgIpc) is 4.03. The third-order valence-corrected chi connectivity index (χ3v) is 14.5. The van der Waals surface area contributed by atoms with Crippen molar-refractivity contribution in [3.05, 3.63) is 259 Å². The first-order valence-corrected chi connectivity index (χ1v) is 22.7. The second-order valence-corrected chi connectivity index (χ2v) is 17.8. The Morgan fingerprint density at radius 1 is 0.359 bits per heavy atom. The molecule has 1 aliphatic rings. The molecule has 10 aromatic carbocycles. The molecule has 2 heterocycles. The Labute approximate surface area is 375 Å². The summed E-state index contributed by atoms with van der Waals surface area (Å²) in [5.41, 5.74) is 17.0. The van der Waals surface area contributed by atoms with Crippen molar-refractivity contribution in [1.29, 1.82) is 0 Å². The summed E-state index contributed by atoms with van der Waals surface area (Å²) in [5.74, 6) is 0. The molecule has 300 valence electrons. The summed E-state index contributed by atoms with van der Waals surface area (Å²) in [5, 5.41) is 4.92. The van der Waals surface area contributed by atoms with Gasteiger partial charge in [0.2, 0.25) is 0 Å². The minimum Gasteiger partial charge on any atom is -0.456 e. The Kier molecular flexibility index (Phi) is 8.34. The fraction of sp³-hybridized carbons (Fsp3) is 0.0164. The smallest absolute Gasteiger partial charge is 0.137 e. The number of thiophene rings is 1. The molecular formula is C61H39NOS. The van der Waals surface area contributed by atoms with E-state index in [-0.39, 0.29) is 0 Å². The molecule has 64 heavy (non-hydrogen) atoms. The van der Waals surface area contributed by atoms with Crippen LogP contribution in [0, 0.1) is 0 Å². The highest BCUT2D eigenvalue weighted by Gasteiger charge is 2.46. The zero-order chi connectivity index (χ0) is 42.2. The molecule has 1 aliphatic carbocycles. The Morgan fingerprint density at radius 2 is 0.969 bits per heavy atom. The molecule has 2 nitrogen and oxygen atoms in total. The first kappa shape index (κ1) is 36.7. The number of fused-ring (bicyclic) bond motifs is 10. The molecule has 0 spiro atoms. The molecule has 0 amide bonds. The van der Waals surface area contributed by atoms with Crippen molar-refractivity contribution >= 4 is 70.5 Å². The van der Waals surface area contributed by atoms with Gasteiger partial charge in [-0.05, 0) is 116 Å². The van der Waals surface area contributed by atoms with Gasteiger partial charge in [0, 0.05) is 48.0 Å². The molecule has 0 saturated carbocycles. The molecule has 12 aromatic rings. The minimum atomic E-state index is -0.489. The van der Waals surface area contributed by atoms with E-state index in [4.69, 9.17) is 4.42 Å². The molecular weight excluding hydrogens is 795 g/mol. The van der Waals surface area contributed by atoms with Gasteiger partial charge in [-0.15, -0.1) is 11.3 Å². The van der Waals surface area contributed by atoms with Crippen LogP contribution in [0.3, 0.4) is 0 Å². The van der Waals surface area contributed by atoms with Gasteiger partial charge in [-0.2, -0.15) is 0 Å². The molecule has 0 bridgehead atoms. The second-order valence-electron chi connectivity index (χ2n) is 16.8. The van der Waals surface area contributed by atoms with Crippen LogP contribution in [0.1, 0.15) is 22.3 Å². The van der Waals surface area contributed by atoms with Crippen molar-refractivity contribution in [1.82, 2.24) is 0 Å². The third-order valence-electron chi connectivity index (χ3n) is 13.3. The number of anilines is 3. The Bertz CT molecular complexity index is 3680. The number of nitrogens with zero attached hydrogens (tertiary/aromatic N) is 1. The van der Waals surface area contributed by atoms with Crippen LogP contribution in [-0.4, -0.2) is 0 Å². The molecule has 0 radical (unpaired) electrons. The summed E-state index contributed by atoms with van der Waals surface area (Å²) >= 11 is 1.86. The number of hydrogen-bond acceptors (Lipinski definition) is 3. The predicted molar refractivity (Wildman–Crippen MR) is 269 cm³/mol. The summed E-state index contributed by atoms with van der Waals surface area (Å²) in [6, 6.07) is 86.3. The standard InChI is InChI=1S/C61H39NOS/c1-4-19-43(20-5-1)61(44-21-6-2-7-22-44)53-28-13-10-25-48(53)49-36-35-47(38-54(49)61)62(45-23-8-3-9-24-45)46-33-31-40(32-34-46)41-17-16-18-42(37-41)52-39-56-59(50-26-11-14-29-55(50)63-56)60-58(52)51-27-12-15-30-57(51)64-60/h1-39H. The highest BCUT2D eigenvalue weighted by molar-refractivity contribution is 7.27. The zero-order valence-corrected chi connectivity index (χ0v) is 35.6. The maximum atomic E-state index is 6.54. The molecule has 2 aromatic heterocycles. The van der Waals surface area contributed by atoms with E-state index in [2.05, 4.69) is 241 Å². The van der Waals surface area contributed by atoms with Crippen LogP contribution in [0.4, 0.5) is 17.1 Å². The zero-order valence-electron chi connectivity index (χ0n) is 34.8. The maximum Gasteiger partial charge on any atom is 0.137 e. The Balaban J connectivity index is 0.940. The van der Waals surface area contributed by atoms with E-state index in [1.807, 2.05) is 11.3 Å². The van der Waals surface area contributed by atoms with Crippen LogP contribution < -0.4 is 4.90 Å². The molecule has 0 unspecified atom stereocenters. The van der Waals surface area contributed by atoms with Gasteiger partial charge in [-0.3, -0.25) is 0 Å². The topological polar surface area (TPSA) is 16.4 Å². The van der Waals surface area contributed by atoms with Gasteiger partial charge in [0.05, 0.1) is 5.41 Å². The first-order valence-electron chi connectivity index (χ1n) is 21.9. The van der Waals surface area contributed by atoms with E-state index in [1.165, 1.54) is 75.6 Å². The molecule has 0 aliphatic heterocycles. The number of para-hydroxylation sites is 2. The number of hydrogen-bond donors (Lipinski definition) is 0. The molecule has 3 heteroatoms. The highest BCUT2D eigenvalue weighted by Crippen LogP contribution is 2.57. The summed E-state index contributed by atoms with van der Waals surface area (Å²) in [4.78, 5) is 2.39. The summed E-state index contributed by atoms with van der Waals surface area (Å²) in [6.45, 7) is 0. The van der Waals surface area contributed by atoms with Gasteiger partial charge in [-0.25, -0.2) is 0 Å². The molecule has 0 N–H and O–H groups in total. The van der Waals surface area contributed by atoms with E-state index in [0.29, 0.717) is 0 Å². The van der Waals surface area contributed by atoms with Gasteiger partial charge < -0.3 is 9.32 Å². The van der Waals surface area contributed by atoms with Gasteiger partial charge in [0.25, 0.3) is 0 Å². The van der Waals surface area contributed by atoms with Crippen LogP contribution in [0.5, 0.6) is 0 Å². The second kappa shape index (κ2) is 14.6. The molecule has 0 fully saturated rings. The van der Waals surface area contributed by atoms with Gasteiger partial charge in [0.1, 0.15) is 11.2 Å². The summed E-state index contributed by atoms with van der Waals surface area (Å²) in [7, 11) is 0. The SMILES string of the molecule is c1ccc(N(c2ccc(-c3cccc(-c4cc5oc6ccccc6c5c5sc6ccccc6c45)c3)cc2)c2ccc3c(c2)C(c2ccccc2)(c2ccccc2)c2ccccc2-3)cc1. The van der Waals surface area contributed by atoms with E-state index < -0.39 is 5.41 Å². The fourth-order valence-corrected chi connectivity index (χ4v) is 11.9. The minimum absolute atomic E-state index is 0.489. The van der Waals surface area contributed by atoms with Crippen molar-refractivity contribution in [2.75, 3.05) is 4.90 Å². The van der Waals surface area contributed by atoms with E-state index in [9.17, 15) is 0 Å².